The molecule has 1 aromatic carbocycles. The Kier molecular flexibility index (Phi) is 1.89. The first-order valence-electron chi connectivity index (χ1n) is 4.18. The molecule has 0 saturated carbocycles. The number of aromatic amines is 1. The van der Waals surface area contributed by atoms with E-state index in [0.717, 1.165) is 0 Å². The summed E-state index contributed by atoms with van der Waals surface area (Å²) in [5, 5.41) is 6.71. The summed E-state index contributed by atoms with van der Waals surface area (Å²) in [6.07, 6.45) is 0. The molecule has 0 radical (unpaired) electrons. The van der Waals surface area contributed by atoms with E-state index in [1.165, 1.54) is 6.07 Å². The number of nitrogens with zero attached hydrogens (tertiary/aromatic N) is 1. The maximum atomic E-state index is 11.1. The summed E-state index contributed by atoms with van der Waals surface area (Å²) in [7, 11) is 0. The normalized spacial score (nSPS) is 10.4. The second-order valence-electron chi connectivity index (χ2n) is 3.03. The Morgan fingerprint density at radius 1 is 1.20 bits per heavy atom. The number of fused-ring (bicyclic) bond motifs is 1. The van der Waals surface area contributed by atoms with Gasteiger partial charge in [-0.3, -0.25) is 14.7 Å². The van der Waals surface area contributed by atoms with Crippen molar-refractivity contribution < 1.29 is 9.59 Å². The van der Waals surface area contributed by atoms with Crippen LogP contribution in [0, 0.1) is 0 Å². The minimum Gasteiger partial charge on any atom is -0.366 e. The van der Waals surface area contributed by atoms with Gasteiger partial charge in [0.1, 0.15) is 0 Å². The number of H-pyrrole nitrogens is 1. The molecule has 76 valence electrons. The number of rotatable bonds is 2. The van der Waals surface area contributed by atoms with Crippen LogP contribution in [0.15, 0.2) is 18.2 Å². The molecular weight excluding hydrogens is 196 g/mol. The van der Waals surface area contributed by atoms with E-state index in [2.05, 4.69) is 10.2 Å². The number of nitrogens with two attached hydrogens (primary N) is 2. The van der Waals surface area contributed by atoms with E-state index in [-0.39, 0.29) is 11.3 Å². The van der Waals surface area contributed by atoms with Gasteiger partial charge in [0, 0.05) is 5.39 Å². The van der Waals surface area contributed by atoms with E-state index >= 15 is 0 Å². The summed E-state index contributed by atoms with van der Waals surface area (Å²) in [4.78, 5) is 22.2. The second-order valence-corrected chi connectivity index (χ2v) is 3.03. The SMILES string of the molecule is NC(=O)c1cccc2[nH]nc(C(N)=O)c12. The molecule has 0 fully saturated rings. The van der Waals surface area contributed by atoms with Gasteiger partial charge in [0.15, 0.2) is 5.69 Å². The zero-order valence-corrected chi connectivity index (χ0v) is 7.65. The number of hydrogen-bond donors (Lipinski definition) is 3. The van der Waals surface area contributed by atoms with Gasteiger partial charge in [0.25, 0.3) is 5.91 Å². The first kappa shape index (κ1) is 9.20. The predicted molar refractivity (Wildman–Crippen MR) is 53.1 cm³/mol. The number of amides is 2. The Morgan fingerprint density at radius 2 is 1.93 bits per heavy atom. The molecule has 6 heteroatoms. The average molecular weight is 204 g/mol. The van der Waals surface area contributed by atoms with Crippen LogP contribution in [0.3, 0.4) is 0 Å². The fourth-order valence-corrected chi connectivity index (χ4v) is 1.46. The first-order valence-corrected chi connectivity index (χ1v) is 4.18. The number of primary amides is 2. The third-order valence-corrected chi connectivity index (χ3v) is 2.09. The highest BCUT2D eigenvalue weighted by Crippen LogP contribution is 2.19. The zero-order chi connectivity index (χ0) is 11.0. The first-order chi connectivity index (χ1) is 7.11. The third kappa shape index (κ3) is 1.32. The minimum absolute atomic E-state index is 0.0272. The van der Waals surface area contributed by atoms with Crippen molar-refractivity contribution in [2.45, 2.75) is 0 Å². The maximum Gasteiger partial charge on any atom is 0.269 e. The fraction of sp³-hybridized carbons (Fsp3) is 0. The van der Waals surface area contributed by atoms with Crippen molar-refractivity contribution in [1.82, 2.24) is 10.2 Å². The lowest BCUT2D eigenvalue weighted by Gasteiger charge is -1.98. The quantitative estimate of drug-likeness (QED) is 0.626. The van der Waals surface area contributed by atoms with Crippen LogP contribution in [0.4, 0.5) is 0 Å². The van der Waals surface area contributed by atoms with Crippen LogP contribution >= 0.6 is 0 Å². The number of carbonyl (C=O) groups excluding carboxylic acids is 2. The number of carbonyl (C=O) groups is 2. The monoisotopic (exact) mass is 204 g/mol. The van der Waals surface area contributed by atoms with E-state index < -0.39 is 11.8 Å². The molecule has 1 aromatic heterocycles. The topological polar surface area (TPSA) is 115 Å². The number of nitrogens with one attached hydrogen (secondary N) is 1. The Bertz CT molecular complexity index is 558. The summed E-state index contributed by atoms with van der Waals surface area (Å²) in [6.45, 7) is 0. The van der Waals surface area contributed by atoms with Crippen LogP contribution in [-0.2, 0) is 0 Å². The molecule has 2 rings (SSSR count). The molecule has 0 aliphatic heterocycles. The van der Waals surface area contributed by atoms with E-state index in [4.69, 9.17) is 11.5 Å². The Hall–Kier alpha value is -2.37. The Morgan fingerprint density at radius 3 is 2.53 bits per heavy atom. The molecule has 0 aliphatic carbocycles. The van der Waals surface area contributed by atoms with E-state index in [9.17, 15) is 9.59 Å². The number of benzene rings is 1. The molecule has 1 heterocycles. The van der Waals surface area contributed by atoms with Crippen molar-refractivity contribution in [1.29, 1.82) is 0 Å². The van der Waals surface area contributed by atoms with Gasteiger partial charge in [0.05, 0.1) is 11.1 Å². The highest BCUT2D eigenvalue weighted by atomic mass is 16.1. The molecule has 5 N–H and O–H groups in total. The Labute approximate surface area is 84.2 Å². The largest absolute Gasteiger partial charge is 0.366 e. The van der Waals surface area contributed by atoms with Crippen molar-refractivity contribution >= 4 is 22.7 Å². The molecule has 0 unspecified atom stereocenters. The van der Waals surface area contributed by atoms with Gasteiger partial charge in [-0.25, -0.2) is 0 Å². The summed E-state index contributed by atoms with van der Waals surface area (Å²) in [6, 6.07) is 4.85. The second kappa shape index (κ2) is 3.09. The summed E-state index contributed by atoms with van der Waals surface area (Å²) in [5.41, 5.74) is 11.1. The van der Waals surface area contributed by atoms with E-state index in [0.29, 0.717) is 10.9 Å². The van der Waals surface area contributed by atoms with Crippen molar-refractivity contribution in [3.63, 3.8) is 0 Å². The smallest absolute Gasteiger partial charge is 0.269 e. The summed E-state index contributed by atoms with van der Waals surface area (Å²) < 4.78 is 0. The van der Waals surface area contributed by atoms with Crippen molar-refractivity contribution in [2.75, 3.05) is 0 Å². The van der Waals surface area contributed by atoms with Gasteiger partial charge in [-0.05, 0) is 12.1 Å². The van der Waals surface area contributed by atoms with Crippen LogP contribution < -0.4 is 11.5 Å². The van der Waals surface area contributed by atoms with E-state index in [1.54, 1.807) is 12.1 Å². The molecular formula is C9H8N4O2. The van der Waals surface area contributed by atoms with Crippen molar-refractivity contribution in [3.05, 3.63) is 29.5 Å². The molecule has 2 aromatic rings. The summed E-state index contributed by atoms with van der Waals surface area (Å²) >= 11 is 0. The molecule has 0 atom stereocenters. The molecule has 0 spiro atoms. The molecule has 0 aliphatic rings. The number of hydrogen-bond acceptors (Lipinski definition) is 3. The van der Waals surface area contributed by atoms with Crippen LogP contribution in [0.1, 0.15) is 20.8 Å². The lowest BCUT2D eigenvalue weighted by molar-refractivity contribution is 0.0995. The minimum atomic E-state index is -0.699. The van der Waals surface area contributed by atoms with Crippen LogP contribution in [-0.4, -0.2) is 22.0 Å². The van der Waals surface area contributed by atoms with Gasteiger partial charge in [0.2, 0.25) is 5.91 Å². The standard InChI is InChI=1S/C9H8N4O2/c10-8(14)4-2-1-3-5-6(4)7(9(11)15)13-12-5/h1-3H,(H2,10,14)(H2,11,15)(H,12,13). The highest BCUT2D eigenvalue weighted by molar-refractivity contribution is 6.13. The number of aromatic nitrogens is 2. The molecule has 0 saturated heterocycles. The fourth-order valence-electron chi connectivity index (χ4n) is 1.46. The molecule has 6 nitrogen and oxygen atoms in total. The predicted octanol–water partition coefficient (Wildman–Crippen LogP) is -0.239. The van der Waals surface area contributed by atoms with Crippen molar-refractivity contribution in [2.24, 2.45) is 11.5 Å². The Balaban J connectivity index is 2.86. The van der Waals surface area contributed by atoms with Gasteiger partial charge >= 0.3 is 0 Å². The highest BCUT2D eigenvalue weighted by Gasteiger charge is 2.16. The van der Waals surface area contributed by atoms with Crippen molar-refractivity contribution in [3.8, 4) is 0 Å². The lowest BCUT2D eigenvalue weighted by atomic mass is 10.1. The maximum absolute atomic E-state index is 11.1. The molecule has 2 amide bonds. The molecule has 15 heavy (non-hydrogen) atoms. The van der Waals surface area contributed by atoms with Crippen LogP contribution in [0.5, 0.6) is 0 Å². The van der Waals surface area contributed by atoms with Crippen LogP contribution in [0.2, 0.25) is 0 Å². The molecule has 0 bridgehead atoms. The summed E-state index contributed by atoms with van der Waals surface area (Å²) in [5.74, 6) is -1.32. The lowest BCUT2D eigenvalue weighted by Crippen LogP contribution is -2.15. The third-order valence-electron chi connectivity index (χ3n) is 2.09. The van der Waals surface area contributed by atoms with Gasteiger partial charge < -0.3 is 11.5 Å². The average Bonchev–Trinajstić information content (AvgIpc) is 2.60. The van der Waals surface area contributed by atoms with Crippen LogP contribution in [0.25, 0.3) is 10.9 Å². The van der Waals surface area contributed by atoms with Gasteiger partial charge in [-0.15, -0.1) is 0 Å². The zero-order valence-electron chi connectivity index (χ0n) is 7.65. The van der Waals surface area contributed by atoms with E-state index in [1.807, 2.05) is 0 Å². The van der Waals surface area contributed by atoms with Gasteiger partial charge in [-0.1, -0.05) is 6.07 Å². The van der Waals surface area contributed by atoms with Gasteiger partial charge in [-0.2, -0.15) is 5.10 Å².